The second-order valence-electron chi connectivity index (χ2n) is 7.39. The van der Waals surface area contributed by atoms with Crippen LogP contribution in [0, 0.1) is 6.92 Å². The molecule has 1 aromatic carbocycles. The van der Waals surface area contributed by atoms with Crippen LogP contribution >= 0.6 is 0 Å². The molecule has 24 heavy (non-hydrogen) atoms. The van der Waals surface area contributed by atoms with Crippen molar-refractivity contribution in [3.05, 3.63) is 59.7 Å². The molecular weight excluding hydrogens is 288 g/mol. The van der Waals surface area contributed by atoms with Gasteiger partial charge in [-0.15, -0.1) is 6.58 Å². The van der Waals surface area contributed by atoms with Crippen molar-refractivity contribution in [1.82, 2.24) is 0 Å². The number of rotatable bonds is 13. The lowest BCUT2D eigenvalue weighted by atomic mass is 9.88. The minimum absolute atomic E-state index is 0.586. The number of hydrogen-bond acceptors (Lipinski definition) is 0. The van der Waals surface area contributed by atoms with Gasteiger partial charge in [-0.05, 0) is 68.1 Å². The van der Waals surface area contributed by atoms with Crippen molar-refractivity contribution in [3.63, 3.8) is 0 Å². The Morgan fingerprint density at radius 1 is 1.12 bits per heavy atom. The van der Waals surface area contributed by atoms with E-state index in [1.807, 2.05) is 6.08 Å². The maximum Gasteiger partial charge on any atom is -0.0151 e. The van der Waals surface area contributed by atoms with Gasteiger partial charge in [0, 0.05) is 0 Å². The van der Waals surface area contributed by atoms with Crippen LogP contribution in [-0.2, 0) is 6.42 Å². The molecular formula is C24H38. The Morgan fingerprint density at radius 2 is 1.83 bits per heavy atom. The lowest BCUT2D eigenvalue weighted by Crippen LogP contribution is -2.00. The van der Waals surface area contributed by atoms with E-state index < -0.39 is 0 Å². The van der Waals surface area contributed by atoms with E-state index in [-0.39, 0.29) is 0 Å². The van der Waals surface area contributed by atoms with Crippen molar-refractivity contribution in [1.29, 1.82) is 0 Å². The summed E-state index contributed by atoms with van der Waals surface area (Å²) in [5, 5.41) is 0. The SMILES string of the molecule is C=CCCCCCCCc1ccc(C)c(C(C)CC(=C)CCC)c1. The first-order chi connectivity index (χ1) is 11.6. The first-order valence-electron chi connectivity index (χ1n) is 9.95. The molecule has 0 spiro atoms. The number of allylic oxidation sites excluding steroid dienone is 2. The fourth-order valence-corrected chi connectivity index (χ4v) is 3.52. The third kappa shape index (κ3) is 7.99. The van der Waals surface area contributed by atoms with Gasteiger partial charge in [-0.3, -0.25) is 0 Å². The molecule has 0 N–H and O–H groups in total. The summed E-state index contributed by atoms with van der Waals surface area (Å²) in [6, 6.07) is 7.09. The van der Waals surface area contributed by atoms with Crippen molar-refractivity contribution < 1.29 is 0 Å². The highest BCUT2D eigenvalue weighted by Gasteiger charge is 2.11. The average molecular weight is 327 g/mol. The average Bonchev–Trinajstić information content (AvgIpc) is 2.55. The van der Waals surface area contributed by atoms with Gasteiger partial charge < -0.3 is 0 Å². The zero-order valence-corrected chi connectivity index (χ0v) is 16.4. The second kappa shape index (κ2) is 12.1. The smallest absolute Gasteiger partial charge is 0.0151 e. The van der Waals surface area contributed by atoms with Gasteiger partial charge in [0.2, 0.25) is 0 Å². The highest BCUT2D eigenvalue weighted by molar-refractivity contribution is 5.34. The van der Waals surface area contributed by atoms with Crippen LogP contribution in [0.4, 0.5) is 0 Å². The molecule has 1 aromatic rings. The Hall–Kier alpha value is -1.30. The lowest BCUT2D eigenvalue weighted by Gasteiger charge is -2.17. The molecule has 0 aliphatic rings. The summed E-state index contributed by atoms with van der Waals surface area (Å²) in [6.45, 7) is 14.9. The van der Waals surface area contributed by atoms with Crippen molar-refractivity contribution in [2.24, 2.45) is 0 Å². The first-order valence-corrected chi connectivity index (χ1v) is 9.95. The van der Waals surface area contributed by atoms with Gasteiger partial charge in [-0.2, -0.15) is 0 Å². The Morgan fingerprint density at radius 3 is 2.54 bits per heavy atom. The van der Waals surface area contributed by atoms with E-state index in [0.29, 0.717) is 5.92 Å². The Balaban J connectivity index is 2.47. The molecule has 0 amide bonds. The number of unbranched alkanes of at least 4 members (excludes halogenated alkanes) is 5. The highest BCUT2D eigenvalue weighted by atomic mass is 14.2. The maximum atomic E-state index is 4.25. The van der Waals surface area contributed by atoms with Crippen LogP contribution in [0.1, 0.15) is 94.2 Å². The van der Waals surface area contributed by atoms with E-state index in [1.165, 1.54) is 73.6 Å². The molecule has 0 radical (unpaired) electrons. The number of hydrogen-bond donors (Lipinski definition) is 0. The summed E-state index contributed by atoms with van der Waals surface area (Å²) >= 11 is 0. The van der Waals surface area contributed by atoms with E-state index >= 15 is 0 Å². The van der Waals surface area contributed by atoms with Crippen LogP contribution in [-0.4, -0.2) is 0 Å². The maximum absolute atomic E-state index is 4.25. The largest absolute Gasteiger partial charge is 0.103 e. The van der Waals surface area contributed by atoms with Gasteiger partial charge in [0.25, 0.3) is 0 Å². The van der Waals surface area contributed by atoms with Gasteiger partial charge in [-0.1, -0.05) is 76.0 Å². The summed E-state index contributed by atoms with van der Waals surface area (Å²) in [7, 11) is 0. The van der Waals surface area contributed by atoms with Crippen LogP contribution in [0.3, 0.4) is 0 Å². The van der Waals surface area contributed by atoms with Gasteiger partial charge in [0.1, 0.15) is 0 Å². The summed E-state index contributed by atoms with van der Waals surface area (Å²) in [4.78, 5) is 0. The minimum atomic E-state index is 0.586. The van der Waals surface area contributed by atoms with Crippen molar-refractivity contribution >= 4 is 0 Å². The number of benzene rings is 1. The predicted molar refractivity (Wildman–Crippen MR) is 110 cm³/mol. The molecule has 0 aromatic heterocycles. The molecule has 0 bridgehead atoms. The van der Waals surface area contributed by atoms with E-state index in [9.17, 15) is 0 Å². The van der Waals surface area contributed by atoms with Crippen LogP contribution in [0.15, 0.2) is 43.0 Å². The molecule has 0 nitrogen and oxygen atoms in total. The summed E-state index contributed by atoms with van der Waals surface area (Å²) in [5.41, 5.74) is 5.86. The molecule has 0 heterocycles. The monoisotopic (exact) mass is 326 g/mol. The fraction of sp³-hybridized carbons (Fsp3) is 0.583. The molecule has 1 rings (SSSR count). The van der Waals surface area contributed by atoms with Gasteiger partial charge in [-0.25, -0.2) is 0 Å². The molecule has 134 valence electrons. The van der Waals surface area contributed by atoms with Crippen LogP contribution < -0.4 is 0 Å². The predicted octanol–water partition coefficient (Wildman–Crippen LogP) is 7.91. The lowest BCUT2D eigenvalue weighted by molar-refractivity contribution is 0.617. The molecule has 0 aliphatic heterocycles. The normalized spacial score (nSPS) is 12.1. The summed E-state index contributed by atoms with van der Waals surface area (Å²) < 4.78 is 0. The van der Waals surface area contributed by atoms with E-state index in [2.05, 4.69) is 52.1 Å². The summed E-state index contributed by atoms with van der Waals surface area (Å²) in [5.74, 6) is 0.586. The van der Waals surface area contributed by atoms with E-state index in [1.54, 1.807) is 0 Å². The zero-order valence-electron chi connectivity index (χ0n) is 16.4. The third-order valence-electron chi connectivity index (χ3n) is 4.95. The molecule has 0 fully saturated rings. The molecule has 0 aliphatic carbocycles. The quantitative estimate of drug-likeness (QED) is 0.255. The molecule has 1 unspecified atom stereocenters. The summed E-state index contributed by atoms with van der Waals surface area (Å²) in [6.07, 6.45) is 14.6. The first kappa shape index (κ1) is 20.7. The Bertz CT molecular complexity index is 495. The molecule has 0 saturated heterocycles. The third-order valence-corrected chi connectivity index (χ3v) is 4.95. The Labute approximate surface area is 151 Å². The fourth-order valence-electron chi connectivity index (χ4n) is 3.52. The standard InChI is InChI=1S/C24H38/c1-6-8-9-10-11-12-13-15-23-17-16-21(4)24(19-23)22(5)18-20(3)14-7-2/h6,16-17,19,22H,1,3,7-15,18H2,2,4-5H3. The van der Waals surface area contributed by atoms with Crippen LogP contribution in [0.2, 0.25) is 0 Å². The second-order valence-corrected chi connectivity index (χ2v) is 7.39. The highest BCUT2D eigenvalue weighted by Crippen LogP contribution is 2.28. The van der Waals surface area contributed by atoms with Gasteiger partial charge in [0.15, 0.2) is 0 Å². The zero-order chi connectivity index (χ0) is 17.8. The van der Waals surface area contributed by atoms with Crippen molar-refractivity contribution in [2.45, 2.75) is 90.9 Å². The molecule has 0 heteroatoms. The van der Waals surface area contributed by atoms with Gasteiger partial charge in [0.05, 0.1) is 0 Å². The topological polar surface area (TPSA) is 0 Å². The van der Waals surface area contributed by atoms with Crippen LogP contribution in [0.25, 0.3) is 0 Å². The van der Waals surface area contributed by atoms with Crippen molar-refractivity contribution in [3.8, 4) is 0 Å². The number of aryl methyl sites for hydroxylation is 2. The Kier molecular flexibility index (Phi) is 10.5. The molecule has 1 atom stereocenters. The van der Waals surface area contributed by atoms with Crippen LogP contribution in [0.5, 0.6) is 0 Å². The molecule has 0 saturated carbocycles. The van der Waals surface area contributed by atoms with E-state index in [4.69, 9.17) is 0 Å². The van der Waals surface area contributed by atoms with Gasteiger partial charge >= 0.3 is 0 Å². The van der Waals surface area contributed by atoms with E-state index in [0.717, 1.165) is 12.8 Å². The minimum Gasteiger partial charge on any atom is -0.103 e. The van der Waals surface area contributed by atoms with Crippen molar-refractivity contribution in [2.75, 3.05) is 0 Å².